The Kier molecular flexibility index (Phi) is 2.16. The summed E-state index contributed by atoms with van der Waals surface area (Å²) in [7, 11) is 0. The van der Waals surface area contributed by atoms with Crippen LogP contribution in [0.25, 0.3) is 22.4 Å². The van der Waals surface area contributed by atoms with Gasteiger partial charge in [0.1, 0.15) is 11.3 Å². The maximum atomic E-state index is 8.55. The first-order chi connectivity index (χ1) is 8.36. The molecule has 0 saturated heterocycles. The van der Waals surface area contributed by atoms with Crippen LogP contribution < -0.4 is 0 Å². The minimum absolute atomic E-state index is 0.216. The number of benzene rings is 1. The maximum absolute atomic E-state index is 8.55. The van der Waals surface area contributed by atoms with E-state index in [1.165, 1.54) is 0 Å². The average molecular weight is 224 g/mol. The Morgan fingerprint density at radius 2 is 2.12 bits per heavy atom. The van der Waals surface area contributed by atoms with Crippen molar-refractivity contribution in [1.29, 1.82) is 5.26 Å². The summed E-state index contributed by atoms with van der Waals surface area (Å²) in [6.45, 7) is 0. The summed E-state index contributed by atoms with van der Waals surface area (Å²) in [6, 6.07) is 13.4. The third-order valence-electron chi connectivity index (χ3n) is 2.49. The van der Waals surface area contributed by atoms with Crippen LogP contribution in [0.3, 0.4) is 0 Å². The second-order valence-electron chi connectivity index (χ2n) is 3.66. The van der Waals surface area contributed by atoms with Crippen LogP contribution in [0, 0.1) is 11.3 Å². The van der Waals surface area contributed by atoms with Crippen molar-refractivity contribution in [2.24, 2.45) is 0 Å². The van der Waals surface area contributed by atoms with Crippen molar-refractivity contribution in [3.63, 3.8) is 0 Å². The van der Waals surface area contributed by atoms with E-state index in [9.17, 15) is 0 Å². The molecule has 2 aromatic heterocycles. The van der Waals surface area contributed by atoms with Gasteiger partial charge in [-0.25, -0.2) is 0 Å². The highest BCUT2D eigenvalue weighted by Crippen LogP contribution is 2.27. The number of nitrogens with zero attached hydrogens (tertiary/aromatic N) is 2. The monoisotopic (exact) mass is 224 g/mol. The van der Waals surface area contributed by atoms with Gasteiger partial charge >= 0.3 is 0 Å². The fourth-order valence-electron chi connectivity index (χ4n) is 1.70. The number of furan rings is 1. The number of nitriles is 1. The van der Waals surface area contributed by atoms with Crippen LogP contribution in [0.4, 0.5) is 0 Å². The molecule has 1 aromatic carbocycles. The molecule has 0 radical (unpaired) electrons. The van der Waals surface area contributed by atoms with Gasteiger partial charge in [-0.2, -0.15) is 5.26 Å². The lowest BCUT2D eigenvalue weighted by atomic mass is 10.2. The molecule has 17 heavy (non-hydrogen) atoms. The van der Waals surface area contributed by atoms with Crippen molar-refractivity contribution in [3.05, 3.63) is 42.2 Å². The van der Waals surface area contributed by atoms with Crippen LogP contribution in [0.5, 0.6) is 0 Å². The molecule has 0 saturated carbocycles. The first kappa shape index (κ1) is 9.67. The predicted octanol–water partition coefficient (Wildman–Crippen LogP) is 3.15. The number of hydrogen-bond donors (Lipinski definition) is 0. The Balaban J connectivity index is 2.05. The second-order valence-corrected chi connectivity index (χ2v) is 3.66. The summed E-state index contributed by atoms with van der Waals surface area (Å²) in [5.41, 5.74) is 1.43. The highest BCUT2D eigenvalue weighted by atomic mass is 16.5. The van der Waals surface area contributed by atoms with E-state index in [2.05, 4.69) is 5.16 Å². The predicted molar refractivity (Wildman–Crippen MR) is 61.0 cm³/mol. The van der Waals surface area contributed by atoms with Crippen molar-refractivity contribution in [2.45, 2.75) is 6.42 Å². The lowest BCUT2D eigenvalue weighted by Gasteiger charge is -1.84. The number of hydrogen-bond acceptors (Lipinski definition) is 4. The lowest BCUT2D eigenvalue weighted by molar-refractivity contribution is 0.392. The van der Waals surface area contributed by atoms with Crippen LogP contribution in [0.1, 0.15) is 5.76 Å². The highest BCUT2D eigenvalue weighted by molar-refractivity contribution is 5.81. The molecule has 0 aliphatic heterocycles. The Bertz CT molecular complexity index is 670. The third-order valence-corrected chi connectivity index (χ3v) is 2.49. The summed E-state index contributed by atoms with van der Waals surface area (Å²) in [6.07, 6.45) is 0.216. The van der Waals surface area contributed by atoms with E-state index in [0.29, 0.717) is 17.2 Å². The first-order valence-electron chi connectivity index (χ1n) is 5.18. The molecule has 82 valence electrons. The molecule has 3 aromatic rings. The van der Waals surface area contributed by atoms with E-state index >= 15 is 0 Å². The summed E-state index contributed by atoms with van der Waals surface area (Å²) < 4.78 is 10.7. The van der Waals surface area contributed by atoms with Crippen molar-refractivity contribution in [1.82, 2.24) is 5.16 Å². The SMILES string of the molecule is N#CCc1cc(-c2cc3ccccc3o2)no1. The Morgan fingerprint density at radius 3 is 2.94 bits per heavy atom. The zero-order valence-corrected chi connectivity index (χ0v) is 8.88. The van der Waals surface area contributed by atoms with Crippen LogP contribution >= 0.6 is 0 Å². The van der Waals surface area contributed by atoms with Crippen LogP contribution in [-0.2, 0) is 6.42 Å². The fourth-order valence-corrected chi connectivity index (χ4v) is 1.70. The summed E-state index contributed by atoms with van der Waals surface area (Å²) in [5.74, 6) is 1.20. The summed E-state index contributed by atoms with van der Waals surface area (Å²) in [5, 5.41) is 13.5. The first-order valence-corrected chi connectivity index (χ1v) is 5.18. The van der Waals surface area contributed by atoms with Gasteiger partial charge in [-0.1, -0.05) is 23.4 Å². The fraction of sp³-hybridized carbons (Fsp3) is 0.0769. The lowest BCUT2D eigenvalue weighted by Crippen LogP contribution is -1.72. The van der Waals surface area contributed by atoms with Crippen molar-refractivity contribution in [2.75, 3.05) is 0 Å². The Labute approximate surface area is 97.1 Å². The zero-order chi connectivity index (χ0) is 11.7. The minimum Gasteiger partial charge on any atom is -0.454 e. The largest absolute Gasteiger partial charge is 0.454 e. The molecule has 0 unspecified atom stereocenters. The quantitative estimate of drug-likeness (QED) is 0.670. The molecule has 0 aliphatic rings. The maximum Gasteiger partial charge on any atom is 0.157 e. The number of aromatic nitrogens is 1. The minimum atomic E-state index is 0.216. The van der Waals surface area contributed by atoms with Gasteiger partial charge in [-0.05, 0) is 12.1 Å². The molecule has 0 spiro atoms. The molecule has 4 heteroatoms. The van der Waals surface area contributed by atoms with Crippen LogP contribution in [-0.4, -0.2) is 5.16 Å². The second kappa shape index (κ2) is 3.80. The molecule has 0 amide bonds. The molecule has 0 fully saturated rings. The molecule has 0 atom stereocenters. The number of para-hydroxylation sites is 1. The van der Waals surface area contributed by atoms with Crippen molar-refractivity contribution >= 4 is 11.0 Å². The van der Waals surface area contributed by atoms with Gasteiger partial charge in [0, 0.05) is 11.5 Å². The smallest absolute Gasteiger partial charge is 0.157 e. The highest BCUT2D eigenvalue weighted by Gasteiger charge is 2.11. The van der Waals surface area contributed by atoms with Crippen molar-refractivity contribution in [3.8, 4) is 17.5 Å². The third kappa shape index (κ3) is 1.68. The average Bonchev–Trinajstić information content (AvgIpc) is 2.94. The van der Waals surface area contributed by atoms with Crippen LogP contribution in [0.2, 0.25) is 0 Å². The summed E-state index contributed by atoms with van der Waals surface area (Å²) >= 11 is 0. The van der Waals surface area contributed by atoms with Gasteiger partial charge in [-0.3, -0.25) is 0 Å². The topological polar surface area (TPSA) is 63.0 Å². The van der Waals surface area contributed by atoms with Crippen LogP contribution in [0.15, 0.2) is 45.3 Å². The molecule has 3 rings (SSSR count). The zero-order valence-electron chi connectivity index (χ0n) is 8.88. The van der Waals surface area contributed by atoms with E-state index in [0.717, 1.165) is 11.0 Å². The van der Waals surface area contributed by atoms with Gasteiger partial charge < -0.3 is 8.94 Å². The summed E-state index contributed by atoms with van der Waals surface area (Å²) in [4.78, 5) is 0. The van der Waals surface area contributed by atoms with E-state index in [4.69, 9.17) is 14.2 Å². The van der Waals surface area contributed by atoms with Gasteiger partial charge in [0.15, 0.2) is 11.5 Å². The molecule has 2 heterocycles. The standard InChI is InChI=1S/C13H8N2O2/c14-6-5-10-8-11(15-17-10)13-7-9-3-1-2-4-12(9)16-13/h1-4,7-8H,5H2. The molecule has 0 aliphatic carbocycles. The molecule has 0 bridgehead atoms. The Hall–Kier alpha value is -2.54. The van der Waals surface area contributed by atoms with E-state index < -0.39 is 0 Å². The normalized spacial score (nSPS) is 10.5. The molecular weight excluding hydrogens is 216 g/mol. The number of rotatable bonds is 2. The van der Waals surface area contributed by atoms with Gasteiger partial charge in [0.2, 0.25) is 0 Å². The van der Waals surface area contributed by atoms with Gasteiger partial charge in [0.05, 0.1) is 12.5 Å². The van der Waals surface area contributed by atoms with Crippen molar-refractivity contribution < 1.29 is 8.94 Å². The van der Waals surface area contributed by atoms with E-state index in [-0.39, 0.29) is 6.42 Å². The molecular formula is C13H8N2O2. The molecule has 0 N–H and O–H groups in total. The number of fused-ring (bicyclic) bond motifs is 1. The van der Waals surface area contributed by atoms with E-state index in [1.807, 2.05) is 36.4 Å². The Morgan fingerprint density at radius 1 is 1.24 bits per heavy atom. The van der Waals surface area contributed by atoms with Gasteiger partial charge in [0.25, 0.3) is 0 Å². The van der Waals surface area contributed by atoms with E-state index in [1.54, 1.807) is 6.07 Å². The van der Waals surface area contributed by atoms with Gasteiger partial charge in [-0.15, -0.1) is 0 Å². The molecule has 4 nitrogen and oxygen atoms in total.